The van der Waals surface area contributed by atoms with Gasteiger partial charge in [0, 0.05) is 10.8 Å². The molecule has 0 heterocycles. The van der Waals surface area contributed by atoms with E-state index < -0.39 is 14.6 Å². The van der Waals surface area contributed by atoms with Crippen molar-refractivity contribution >= 4 is 38.4 Å². The molecule has 4 aromatic carbocycles. The first kappa shape index (κ1) is 27.3. The van der Waals surface area contributed by atoms with Gasteiger partial charge in [-0.1, -0.05) is 80.6 Å². The number of sulfone groups is 1. The first-order chi connectivity index (χ1) is 19.1. The van der Waals surface area contributed by atoms with Crippen molar-refractivity contribution in [3.05, 3.63) is 113 Å². The number of benzene rings is 4. The number of thioether (sulfide) groups is 1. The van der Waals surface area contributed by atoms with Crippen LogP contribution in [-0.2, 0) is 9.84 Å². The lowest BCUT2D eigenvalue weighted by Crippen LogP contribution is -2.50. The predicted molar refractivity (Wildman–Crippen MR) is 165 cm³/mol. The summed E-state index contributed by atoms with van der Waals surface area (Å²) in [6.45, 7) is 6.07. The minimum atomic E-state index is -3.81. The number of hydrogen-bond acceptors (Lipinski definition) is 3. The molecule has 4 unspecified atom stereocenters. The molecule has 4 aromatic rings. The van der Waals surface area contributed by atoms with E-state index in [4.69, 9.17) is 0 Å². The van der Waals surface area contributed by atoms with Gasteiger partial charge >= 0.3 is 0 Å². The molecule has 6 rings (SSSR count). The number of allylic oxidation sites excluding steroid dienone is 1. The fourth-order valence-corrected chi connectivity index (χ4v) is 9.72. The lowest BCUT2D eigenvalue weighted by molar-refractivity contribution is 0.254. The summed E-state index contributed by atoms with van der Waals surface area (Å²) in [4.78, 5) is 1.23. The van der Waals surface area contributed by atoms with E-state index in [1.807, 2.05) is 55.6 Å². The number of halogens is 1. The van der Waals surface area contributed by atoms with Gasteiger partial charge in [0.05, 0.1) is 9.64 Å². The second kappa shape index (κ2) is 10.2. The van der Waals surface area contributed by atoms with Crippen LogP contribution in [-0.4, -0.2) is 19.4 Å². The van der Waals surface area contributed by atoms with Crippen LogP contribution in [0.5, 0.6) is 0 Å². The van der Waals surface area contributed by atoms with Gasteiger partial charge in [-0.25, -0.2) is 12.8 Å². The highest BCUT2D eigenvalue weighted by molar-refractivity contribution is 7.98. The summed E-state index contributed by atoms with van der Waals surface area (Å²) in [6, 6.07) is 25.4. The monoisotopic (exact) mass is 570 g/mol. The van der Waals surface area contributed by atoms with E-state index in [1.165, 1.54) is 11.8 Å². The Hall–Kier alpha value is -2.89. The van der Waals surface area contributed by atoms with Crippen LogP contribution < -0.4 is 0 Å². The fraction of sp³-hybridized carbons (Fsp3) is 0.314. The predicted octanol–water partition coefficient (Wildman–Crippen LogP) is 9.36. The van der Waals surface area contributed by atoms with Gasteiger partial charge < -0.3 is 0 Å². The molecule has 2 nitrogen and oxygen atoms in total. The molecule has 0 saturated heterocycles. The molecule has 2 aliphatic rings. The molecule has 1 saturated carbocycles. The van der Waals surface area contributed by atoms with E-state index >= 15 is 4.39 Å². The SMILES string of the molecule is CSc1ccc(C2CC3C=Cc4c(ccc5ccccc45)C3C(C)(S(=O)(=O)c3cccc(C(C)C)c3)C2)c(F)c1. The average molecular weight is 571 g/mol. The normalized spacial score (nSPS) is 24.2. The molecule has 2 aliphatic carbocycles. The van der Waals surface area contributed by atoms with Crippen molar-refractivity contribution in [2.24, 2.45) is 5.92 Å². The van der Waals surface area contributed by atoms with Crippen molar-refractivity contribution in [1.29, 1.82) is 0 Å². The van der Waals surface area contributed by atoms with Gasteiger partial charge in [0.2, 0.25) is 0 Å². The van der Waals surface area contributed by atoms with E-state index in [9.17, 15) is 8.42 Å². The van der Waals surface area contributed by atoms with Crippen LogP contribution in [0.25, 0.3) is 16.8 Å². The second-order valence-electron chi connectivity index (χ2n) is 11.9. The standard InChI is InChI=1S/C35H35FO2S2/c1-22(2)24-9-7-10-28(19-24)40(37,38)35(3)21-26(30-17-14-27(39-4)20-33(30)36)18-25-13-15-31-29-11-6-5-8-23(29)12-16-32(31)34(25)35/h5-17,19-20,22,25-26,34H,18,21H2,1-4H3. The van der Waals surface area contributed by atoms with Crippen molar-refractivity contribution in [3.8, 4) is 0 Å². The second-order valence-corrected chi connectivity index (χ2v) is 15.1. The number of rotatable bonds is 5. The summed E-state index contributed by atoms with van der Waals surface area (Å²) in [5.41, 5.74) is 3.80. The Balaban J connectivity index is 1.55. The zero-order valence-electron chi connectivity index (χ0n) is 23.4. The molecule has 0 bridgehead atoms. The molecule has 0 aromatic heterocycles. The first-order valence-electron chi connectivity index (χ1n) is 14.0. The van der Waals surface area contributed by atoms with Crippen LogP contribution in [0.3, 0.4) is 0 Å². The highest BCUT2D eigenvalue weighted by Crippen LogP contribution is 2.58. The summed E-state index contributed by atoms with van der Waals surface area (Å²) in [7, 11) is -3.81. The smallest absolute Gasteiger partial charge is 0.184 e. The Morgan fingerprint density at radius 3 is 2.48 bits per heavy atom. The lowest BCUT2D eigenvalue weighted by atomic mass is 9.61. The molecule has 5 heteroatoms. The van der Waals surface area contributed by atoms with Gasteiger partial charge in [-0.15, -0.1) is 11.8 Å². The zero-order chi connectivity index (χ0) is 28.2. The van der Waals surface area contributed by atoms with Gasteiger partial charge in [0.15, 0.2) is 9.84 Å². The summed E-state index contributed by atoms with van der Waals surface area (Å²) in [5.74, 6) is -0.516. The minimum Gasteiger partial charge on any atom is -0.223 e. The molecule has 0 radical (unpaired) electrons. The third kappa shape index (κ3) is 4.33. The summed E-state index contributed by atoms with van der Waals surface area (Å²) < 4.78 is 44.1. The van der Waals surface area contributed by atoms with Gasteiger partial charge in [0.25, 0.3) is 0 Å². The lowest BCUT2D eigenvalue weighted by Gasteiger charge is -2.50. The Kier molecular flexibility index (Phi) is 6.95. The van der Waals surface area contributed by atoms with Gasteiger partial charge in [-0.05, 0) is 101 Å². The van der Waals surface area contributed by atoms with E-state index in [0.29, 0.717) is 23.3 Å². The van der Waals surface area contributed by atoms with Crippen molar-refractivity contribution < 1.29 is 12.8 Å². The fourth-order valence-electron chi connectivity index (χ4n) is 7.15. The number of fused-ring (bicyclic) bond motifs is 5. The summed E-state index contributed by atoms with van der Waals surface area (Å²) in [6.07, 6.45) is 7.36. The third-order valence-corrected chi connectivity index (χ3v) is 12.5. The molecular formula is C35H35FO2S2. The van der Waals surface area contributed by atoms with Crippen LogP contribution in [0.2, 0.25) is 0 Å². The molecule has 0 spiro atoms. The van der Waals surface area contributed by atoms with Crippen LogP contribution in [0.1, 0.15) is 73.6 Å². The summed E-state index contributed by atoms with van der Waals surface area (Å²) >= 11 is 1.51. The van der Waals surface area contributed by atoms with Crippen LogP contribution in [0, 0.1) is 11.7 Å². The topological polar surface area (TPSA) is 34.1 Å². The van der Waals surface area contributed by atoms with Crippen LogP contribution in [0.4, 0.5) is 4.39 Å². The molecule has 0 aliphatic heterocycles. The largest absolute Gasteiger partial charge is 0.223 e. The minimum absolute atomic E-state index is 0.0277. The van der Waals surface area contributed by atoms with Crippen molar-refractivity contribution in [2.75, 3.05) is 6.26 Å². The Bertz CT molecular complexity index is 1740. The highest BCUT2D eigenvalue weighted by Gasteiger charge is 2.55. The van der Waals surface area contributed by atoms with Gasteiger partial charge in [0.1, 0.15) is 5.82 Å². The maximum atomic E-state index is 15.5. The Morgan fingerprint density at radius 1 is 0.950 bits per heavy atom. The van der Waals surface area contributed by atoms with Crippen molar-refractivity contribution in [2.45, 2.75) is 65.9 Å². The molecule has 40 heavy (non-hydrogen) atoms. The maximum Gasteiger partial charge on any atom is 0.184 e. The molecule has 206 valence electrons. The van der Waals surface area contributed by atoms with E-state index in [1.54, 1.807) is 12.1 Å². The van der Waals surface area contributed by atoms with Crippen molar-refractivity contribution in [1.82, 2.24) is 0 Å². The number of hydrogen-bond donors (Lipinski definition) is 0. The van der Waals surface area contributed by atoms with Crippen LogP contribution >= 0.6 is 11.8 Å². The van der Waals surface area contributed by atoms with Gasteiger partial charge in [-0.2, -0.15) is 0 Å². The van der Waals surface area contributed by atoms with E-state index in [2.05, 4.69) is 50.3 Å². The van der Waals surface area contributed by atoms with Crippen molar-refractivity contribution in [3.63, 3.8) is 0 Å². The molecule has 4 atom stereocenters. The maximum absolute atomic E-state index is 15.5. The van der Waals surface area contributed by atoms with Gasteiger partial charge in [-0.3, -0.25) is 0 Å². The molecule has 0 N–H and O–H groups in total. The third-order valence-electron chi connectivity index (χ3n) is 9.24. The quantitative estimate of drug-likeness (QED) is 0.224. The van der Waals surface area contributed by atoms with E-state index in [-0.39, 0.29) is 29.5 Å². The molecular weight excluding hydrogens is 536 g/mol. The van der Waals surface area contributed by atoms with Crippen LogP contribution in [0.15, 0.2) is 94.7 Å². The Labute approximate surface area is 241 Å². The molecule has 1 fully saturated rings. The zero-order valence-corrected chi connectivity index (χ0v) is 25.0. The molecule has 0 amide bonds. The Morgan fingerprint density at radius 2 is 1.73 bits per heavy atom. The first-order valence-corrected chi connectivity index (χ1v) is 16.7. The van der Waals surface area contributed by atoms with E-state index in [0.717, 1.165) is 32.4 Å². The summed E-state index contributed by atoms with van der Waals surface area (Å²) in [5, 5.41) is 2.28. The average Bonchev–Trinajstić information content (AvgIpc) is 2.96. The highest BCUT2D eigenvalue weighted by atomic mass is 32.2.